The second-order valence-electron chi connectivity index (χ2n) is 5.89. The standard InChI is InChI=1S/C20H13ClF3NO3/c21-13-4-5-19(28-10-12-8-16(23)17(24)9-15(12)22)11(6-13)7-14-2-1-3-18(25-14)20(26)27/h1-6,8-9H,7,10H2,(H,26,27). The molecular weight excluding hydrogens is 395 g/mol. The number of benzene rings is 2. The van der Waals surface area contributed by atoms with Gasteiger partial charge in [-0.05, 0) is 36.4 Å². The van der Waals surface area contributed by atoms with Crippen molar-refractivity contribution in [2.45, 2.75) is 13.0 Å². The largest absolute Gasteiger partial charge is 0.488 e. The van der Waals surface area contributed by atoms with Gasteiger partial charge in [0, 0.05) is 34.3 Å². The first kappa shape index (κ1) is 19.7. The summed E-state index contributed by atoms with van der Waals surface area (Å²) in [5.41, 5.74) is 0.785. The molecule has 2 aromatic carbocycles. The molecule has 4 nitrogen and oxygen atoms in total. The van der Waals surface area contributed by atoms with E-state index < -0.39 is 23.4 Å². The van der Waals surface area contributed by atoms with E-state index in [4.69, 9.17) is 21.4 Å². The number of rotatable bonds is 6. The monoisotopic (exact) mass is 407 g/mol. The minimum absolute atomic E-state index is 0.106. The van der Waals surface area contributed by atoms with Crippen molar-refractivity contribution in [3.8, 4) is 5.75 Å². The Labute approximate surface area is 163 Å². The third-order valence-electron chi connectivity index (χ3n) is 3.89. The predicted octanol–water partition coefficient (Wildman–Crippen LogP) is 5.02. The number of aromatic carboxylic acids is 1. The summed E-state index contributed by atoms with van der Waals surface area (Å²) < 4.78 is 45.7. The van der Waals surface area contributed by atoms with Gasteiger partial charge in [0.1, 0.15) is 23.9 Å². The molecule has 0 spiro atoms. The van der Waals surface area contributed by atoms with E-state index >= 15 is 0 Å². The lowest BCUT2D eigenvalue weighted by Gasteiger charge is -2.13. The molecule has 0 saturated heterocycles. The van der Waals surface area contributed by atoms with Gasteiger partial charge in [-0.15, -0.1) is 0 Å². The van der Waals surface area contributed by atoms with Gasteiger partial charge in [0.25, 0.3) is 0 Å². The van der Waals surface area contributed by atoms with Crippen molar-refractivity contribution >= 4 is 17.6 Å². The van der Waals surface area contributed by atoms with Crippen molar-refractivity contribution in [2.24, 2.45) is 0 Å². The number of aromatic nitrogens is 1. The summed E-state index contributed by atoms with van der Waals surface area (Å²) in [5, 5.41) is 9.46. The third kappa shape index (κ3) is 4.61. The maximum absolute atomic E-state index is 13.8. The first-order valence-electron chi connectivity index (χ1n) is 8.07. The summed E-state index contributed by atoms with van der Waals surface area (Å²) in [7, 11) is 0. The van der Waals surface area contributed by atoms with Gasteiger partial charge < -0.3 is 9.84 Å². The molecule has 1 aromatic heterocycles. The highest BCUT2D eigenvalue weighted by Crippen LogP contribution is 2.26. The fourth-order valence-corrected chi connectivity index (χ4v) is 2.74. The molecule has 0 aliphatic carbocycles. The van der Waals surface area contributed by atoms with Gasteiger partial charge in [-0.3, -0.25) is 0 Å². The van der Waals surface area contributed by atoms with E-state index in [1.807, 2.05) is 0 Å². The van der Waals surface area contributed by atoms with Crippen LogP contribution in [0, 0.1) is 17.5 Å². The van der Waals surface area contributed by atoms with E-state index in [1.165, 1.54) is 6.07 Å². The van der Waals surface area contributed by atoms with Gasteiger partial charge >= 0.3 is 5.97 Å². The number of hydrogen-bond acceptors (Lipinski definition) is 3. The number of pyridine rings is 1. The quantitative estimate of drug-likeness (QED) is 0.583. The highest BCUT2D eigenvalue weighted by Gasteiger charge is 2.13. The molecule has 0 aliphatic rings. The lowest BCUT2D eigenvalue weighted by molar-refractivity contribution is 0.0690. The zero-order valence-electron chi connectivity index (χ0n) is 14.3. The average molecular weight is 408 g/mol. The summed E-state index contributed by atoms with van der Waals surface area (Å²) in [5.74, 6) is -4.21. The van der Waals surface area contributed by atoms with Gasteiger partial charge in [-0.2, -0.15) is 0 Å². The van der Waals surface area contributed by atoms with Crippen molar-refractivity contribution in [1.29, 1.82) is 0 Å². The molecule has 1 heterocycles. The van der Waals surface area contributed by atoms with E-state index in [-0.39, 0.29) is 24.3 Å². The molecule has 0 amide bonds. The summed E-state index contributed by atoms with van der Waals surface area (Å²) >= 11 is 6.02. The van der Waals surface area contributed by atoms with Gasteiger partial charge in [-0.1, -0.05) is 17.7 Å². The topological polar surface area (TPSA) is 59.4 Å². The molecule has 0 radical (unpaired) electrons. The highest BCUT2D eigenvalue weighted by atomic mass is 35.5. The summed E-state index contributed by atoms with van der Waals surface area (Å²) in [6.07, 6.45) is 0.206. The van der Waals surface area contributed by atoms with Gasteiger partial charge in [-0.25, -0.2) is 22.9 Å². The van der Waals surface area contributed by atoms with Crippen LogP contribution in [0.4, 0.5) is 13.2 Å². The zero-order valence-corrected chi connectivity index (χ0v) is 15.0. The van der Waals surface area contributed by atoms with Crippen molar-refractivity contribution in [1.82, 2.24) is 4.98 Å². The third-order valence-corrected chi connectivity index (χ3v) is 4.13. The molecule has 1 N–H and O–H groups in total. The Bertz CT molecular complexity index is 1040. The second-order valence-corrected chi connectivity index (χ2v) is 6.33. The SMILES string of the molecule is O=C(O)c1cccc(Cc2cc(Cl)ccc2OCc2cc(F)c(F)cc2F)n1. The molecule has 28 heavy (non-hydrogen) atoms. The van der Waals surface area contributed by atoms with Crippen LogP contribution in [0.3, 0.4) is 0 Å². The number of halogens is 4. The number of carbonyl (C=O) groups is 1. The molecule has 144 valence electrons. The minimum atomic E-state index is -1.28. The van der Waals surface area contributed by atoms with Crippen molar-refractivity contribution in [2.75, 3.05) is 0 Å². The van der Waals surface area contributed by atoms with Gasteiger partial charge in [0.2, 0.25) is 0 Å². The maximum atomic E-state index is 13.8. The average Bonchev–Trinajstić information content (AvgIpc) is 2.65. The molecule has 3 aromatic rings. The Morgan fingerprint density at radius 3 is 2.50 bits per heavy atom. The van der Waals surface area contributed by atoms with Crippen LogP contribution in [0.1, 0.15) is 27.3 Å². The van der Waals surface area contributed by atoms with E-state index in [0.29, 0.717) is 28.1 Å². The molecular formula is C20H13ClF3NO3. The fourth-order valence-electron chi connectivity index (χ4n) is 2.55. The highest BCUT2D eigenvalue weighted by molar-refractivity contribution is 6.30. The summed E-state index contributed by atoms with van der Waals surface area (Å²) in [6.45, 7) is -0.333. The molecule has 0 aliphatic heterocycles. The van der Waals surface area contributed by atoms with E-state index in [0.717, 1.165) is 6.07 Å². The predicted molar refractivity (Wildman–Crippen MR) is 96.1 cm³/mol. The number of hydrogen-bond donors (Lipinski definition) is 1. The lowest BCUT2D eigenvalue weighted by atomic mass is 10.1. The van der Waals surface area contributed by atoms with Crippen LogP contribution in [-0.2, 0) is 13.0 Å². The molecule has 3 rings (SSSR count). The summed E-state index contributed by atoms with van der Waals surface area (Å²) in [4.78, 5) is 15.1. The molecule has 0 unspecified atom stereocenters. The Morgan fingerprint density at radius 2 is 1.75 bits per heavy atom. The Hall–Kier alpha value is -3.06. The van der Waals surface area contributed by atoms with Crippen LogP contribution in [0.5, 0.6) is 5.75 Å². The molecule has 0 atom stereocenters. The first-order valence-corrected chi connectivity index (χ1v) is 8.45. The summed E-state index contributed by atoms with van der Waals surface area (Å²) in [6, 6.07) is 10.5. The van der Waals surface area contributed by atoms with Crippen molar-refractivity contribution in [3.05, 3.63) is 93.5 Å². The molecule has 0 saturated carbocycles. The van der Waals surface area contributed by atoms with Crippen LogP contribution >= 0.6 is 11.6 Å². The fraction of sp³-hybridized carbons (Fsp3) is 0.100. The van der Waals surface area contributed by atoms with Gasteiger partial charge in [0.05, 0.1) is 0 Å². The van der Waals surface area contributed by atoms with Crippen LogP contribution in [0.2, 0.25) is 5.02 Å². The molecule has 0 fully saturated rings. The van der Waals surface area contributed by atoms with Crippen LogP contribution in [0.25, 0.3) is 0 Å². The number of ether oxygens (including phenoxy) is 1. The zero-order chi connectivity index (χ0) is 20.3. The lowest BCUT2D eigenvalue weighted by Crippen LogP contribution is -2.05. The minimum Gasteiger partial charge on any atom is -0.488 e. The number of carboxylic acids is 1. The van der Waals surface area contributed by atoms with Crippen LogP contribution in [-0.4, -0.2) is 16.1 Å². The number of nitrogens with zero attached hydrogens (tertiary/aromatic N) is 1. The van der Waals surface area contributed by atoms with E-state index in [1.54, 1.807) is 30.3 Å². The normalized spacial score (nSPS) is 10.7. The maximum Gasteiger partial charge on any atom is 0.354 e. The Morgan fingerprint density at radius 1 is 1.00 bits per heavy atom. The molecule has 8 heteroatoms. The Kier molecular flexibility index (Phi) is 5.84. The van der Waals surface area contributed by atoms with Crippen LogP contribution in [0.15, 0.2) is 48.5 Å². The Balaban J connectivity index is 1.84. The van der Waals surface area contributed by atoms with E-state index in [9.17, 15) is 18.0 Å². The first-order chi connectivity index (χ1) is 13.3. The second kappa shape index (κ2) is 8.31. The van der Waals surface area contributed by atoms with Crippen LogP contribution < -0.4 is 4.74 Å². The smallest absolute Gasteiger partial charge is 0.354 e. The van der Waals surface area contributed by atoms with Crippen molar-refractivity contribution in [3.63, 3.8) is 0 Å². The van der Waals surface area contributed by atoms with Gasteiger partial charge in [0.15, 0.2) is 11.6 Å². The molecule has 0 bridgehead atoms. The van der Waals surface area contributed by atoms with Crippen molar-refractivity contribution < 1.29 is 27.8 Å². The number of carboxylic acid groups (broad SMARTS) is 1. The van der Waals surface area contributed by atoms with E-state index in [2.05, 4.69) is 4.98 Å².